The van der Waals surface area contributed by atoms with Gasteiger partial charge in [0.1, 0.15) is 5.75 Å². The lowest BCUT2D eigenvalue weighted by molar-refractivity contribution is 0.166. The van der Waals surface area contributed by atoms with Crippen LogP contribution < -0.4 is 10.1 Å². The largest absolute Gasteiger partial charge is 0.492 e. The number of rotatable bonds is 5. The summed E-state index contributed by atoms with van der Waals surface area (Å²) in [7, 11) is 0. The van der Waals surface area contributed by atoms with E-state index < -0.39 is 0 Å². The molecule has 1 heterocycles. The summed E-state index contributed by atoms with van der Waals surface area (Å²) in [6, 6.07) is 6.19. The van der Waals surface area contributed by atoms with Gasteiger partial charge in [0.2, 0.25) is 0 Å². The fourth-order valence-electron chi connectivity index (χ4n) is 2.13. The third kappa shape index (κ3) is 4.76. The monoisotopic (exact) mass is 341 g/mol. The van der Waals surface area contributed by atoms with Gasteiger partial charge in [-0.25, -0.2) is 0 Å². The molecule has 1 unspecified atom stereocenters. The van der Waals surface area contributed by atoms with E-state index >= 15 is 0 Å². The highest BCUT2D eigenvalue weighted by Gasteiger charge is 2.18. The molecule has 0 amide bonds. The Balaban J connectivity index is 2.01. The third-order valence-electron chi connectivity index (χ3n) is 3.35. The van der Waals surface area contributed by atoms with E-state index in [0.717, 1.165) is 43.0 Å². The molecular weight excluding hydrogens is 318 g/mol. The molecular formula is C16H24BrNO2. The highest BCUT2D eigenvalue weighted by atomic mass is 79.9. The molecule has 3 nitrogen and oxygen atoms in total. The molecule has 1 aliphatic rings. The van der Waals surface area contributed by atoms with Gasteiger partial charge in [-0.2, -0.15) is 0 Å². The van der Waals surface area contributed by atoms with Crippen LogP contribution in [0.15, 0.2) is 22.7 Å². The van der Waals surface area contributed by atoms with Crippen LogP contribution in [0.1, 0.15) is 32.8 Å². The number of para-hydroxylation sites is 1. The molecule has 1 fully saturated rings. The van der Waals surface area contributed by atoms with Crippen molar-refractivity contribution < 1.29 is 9.47 Å². The summed E-state index contributed by atoms with van der Waals surface area (Å²) in [6.45, 7) is 9.72. The molecule has 1 aliphatic heterocycles. The van der Waals surface area contributed by atoms with Gasteiger partial charge in [0.25, 0.3) is 0 Å². The van der Waals surface area contributed by atoms with Crippen molar-refractivity contribution in [3.8, 4) is 5.75 Å². The zero-order valence-corrected chi connectivity index (χ0v) is 14.1. The normalized spacial score (nSPS) is 19.3. The molecule has 0 bridgehead atoms. The molecule has 2 rings (SSSR count). The van der Waals surface area contributed by atoms with Crippen molar-refractivity contribution in [3.63, 3.8) is 0 Å². The minimum absolute atomic E-state index is 0.0961. The van der Waals surface area contributed by atoms with E-state index in [1.807, 2.05) is 6.07 Å². The first kappa shape index (κ1) is 15.8. The lowest BCUT2D eigenvalue weighted by Crippen LogP contribution is -2.35. The second-order valence-corrected chi connectivity index (χ2v) is 7.23. The average molecular weight is 342 g/mol. The zero-order chi connectivity index (χ0) is 14.6. The van der Waals surface area contributed by atoms with Crippen molar-refractivity contribution in [1.82, 2.24) is 5.32 Å². The Hall–Kier alpha value is -0.580. The quantitative estimate of drug-likeness (QED) is 0.884. The highest BCUT2D eigenvalue weighted by molar-refractivity contribution is 9.10. The molecule has 1 atom stereocenters. The molecule has 4 heteroatoms. The number of halogens is 1. The molecule has 0 aromatic heterocycles. The summed E-state index contributed by atoms with van der Waals surface area (Å²) in [6.07, 6.45) is 1.10. The van der Waals surface area contributed by atoms with E-state index in [0.29, 0.717) is 5.92 Å². The highest BCUT2D eigenvalue weighted by Crippen LogP contribution is 2.30. The number of hydrogen-bond donors (Lipinski definition) is 1. The van der Waals surface area contributed by atoms with Crippen molar-refractivity contribution in [3.05, 3.63) is 28.2 Å². The predicted octanol–water partition coefficient (Wildman–Crippen LogP) is 3.75. The topological polar surface area (TPSA) is 30.5 Å². The van der Waals surface area contributed by atoms with E-state index in [4.69, 9.17) is 9.47 Å². The number of ether oxygens (including phenoxy) is 2. The van der Waals surface area contributed by atoms with Gasteiger partial charge < -0.3 is 14.8 Å². The molecule has 0 spiro atoms. The van der Waals surface area contributed by atoms with Crippen LogP contribution in [0.3, 0.4) is 0 Å². The predicted molar refractivity (Wildman–Crippen MR) is 85.2 cm³/mol. The van der Waals surface area contributed by atoms with Crippen molar-refractivity contribution >= 4 is 15.9 Å². The van der Waals surface area contributed by atoms with Crippen LogP contribution in [0.25, 0.3) is 0 Å². The molecule has 1 saturated heterocycles. The summed E-state index contributed by atoms with van der Waals surface area (Å²) in [4.78, 5) is 0. The van der Waals surface area contributed by atoms with Crippen molar-refractivity contribution in [2.45, 2.75) is 39.3 Å². The van der Waals surface area contributed by atoms with Gasteiger partial charge in [-0.05, 0) is 49.2 Å². The second kappa shape index (κ2) is 6.92. The lowest BCUT2D eigenvalue weighted by Gasteiger charge is -2.22. The minimum Gasteiger partial charge on any atom is -0.492 e. The number of benzene rings is 1. The summed E-state index contributed by atoms with van der Waals surface area (Å²) in [5.41, 5.74) is 1.28. The van der Waals surface area contributed by atoms with Gasteiger partial charge in [-0.3, -0.25) is 0 Å². The Morgan fingerprint density at radius 1 is 1.40 bits per heavy atom. The molecule has 0 saturated carbocycles. The summed E-state index contributed by atoms with van der Waals surface area (Å²) >= 11 is 3.59. The molecule has 20 heavy (non-hydrogen) atoms. The molecule has 0 aliphatic carbocycles. The molecule has 0 radical (unpaired) electrons. The van der Waals surface area contributed by atoms with Crippen molar-refractivity contribution in [2.24, 2.45) is 5.92 Å². The van der Waals surface area contributed by atoms with E-state index in [1.165, 1.54) is 5.56 Å². The first-order valence-corrected chi connectivity index (χ1v) is 7.98. The van der Waals surface area contributed by atoms with Gasteiger partial charge in [-0.1, -0.05) is 12.1 Å². The Morgan fingerprint density at radius 3 is 2.85 bits per heavy atom. The Morgan fingerprint density at radius 2 is 2.20 bits per heavy atom. The van der Waals surface area contributed by atoms with Crippen LogP contribution in [0.4, 0.5) is 0 Å². The van der Waals surface area contributed by atoms with Gasteiger partial charge >= 0.3 is 0 Å². The maximum absolute atomic E-state index is 6.05. The smallest absolute Gasteiger partial charge is 0.137 e. The van der Waals surface area contributed by atoms with Crippen LogP contribution in [-0.4, -0.2) is 25.4 Å². The summed E-state index contributed by atoms with van der Waals surface area (Å²) in [5.74, 6) is 1.47. The SMILES string of the molecule is CC(C)(C)NCc1cccc(Br)c1OCC1CCOC1. The Kier molecular flexibility index (Phi) is 5.47. The van der Waals surface area contributed by atoms with Crippen LogP contribution in [0, 0.1) is 5.92 Å². The second-order valence-electron chi connectivity index (χ2n) is 6.37. The van der Waals surface area contributed by atoms with Crippen LogP contribution in [-0.2, 0) is 11.3 Å². The van der Waals surface area contributed by atoms with Crippen LogP contribution in [0.2, 0.25) is 0 Å². The minimum atomic E-state index is 0.0961. The van der Waals surface area contributed by atoms with Gasteiger partial charge in [-0.15, -0.1) is 0 Å². The maximum Gasteiger partial charge on any atom is 0.137 e. The van der Waals surface area contributed by atoms with Crippen molar-refractivity contribution in [2.75, 3.05) is 19.8 Å². The van der Waals surface area contributed by atoms with Crippen LogP contribution >= 0.6 is 15.9 Å². The Bertz CT molecular complexity index is 437. The number of nitrogens with one attached hydrogen (secondary N) is 1. The fourth-order valence-corrected chi connectivity index (χ4v) is 2.65. The first-order valence-electron chi connectivity index (χ1n) is 7.19. The van der Waals surface area contributed by atoms with Gasteiger partial charge in [0, 0.05) is 30.2 Å². The first-order chi connectivity index (χ1) is 9.46. The Labute approximate surface area is 130 Å². The van der Waals surface area contributed by atoms with E-state index in [-0.39, 0.29) is 5.54 Å². The van der Waals surface area contributed by atoms with E-state index in [9.17, 15) is 0 Å². The molecule has 1 aromatic carbocycles. The summed E-state index contributed by atoms with van der Waals surface area (Å²) in [5, 5.41) is 3.51. The average Bonchev–Trinajstić information content (AvgIpc) is 2.87. The number of hydrogen-bond acceptors (Lipinski definition) is 3. The molecule has 1 N–H and O–H groups in total. The van der Waals surface area contributed by atoms with E-state index in [2.05, 4.69) is 54.2 Å². The van der Waals surface area contributed by atoms with Gasteiger partial charge in [0.05, 0.1) is 17.7 Å². The van der Waals surface area contributed by atoms with Crippen LogP contribution in [0.5, 0.6) is 5.75 Å². The van der Waals surface area contributed by atoms with E-state index in [1.54, 1.807) is 0 Å². The molecule has 112 valence electrons. The summed E-state index contributed by atoms with van der Waals surface area (Å²) < 4.78 is 12.5. The standard InChI is InChI=1S/C16H24BrNO2/c1-16(2,3)18-9-13-5-4-6-14(17)15(13)20-11-12-7-8-19-10-12/h4-6,12,18H,7-11H2,1-3H3. The maximum atomic E-state index is 6.05. The van der Waals surface area contributed by atoms with Crippen molar-refractivity contribution in [1.29, 1.82) is 0 Å². The fraction of sp³-hybridized carbons (Fsp3) is 0.625. The lowest BCUT2D eigenvalue weighted by atomic mass is 10.1. The molecule has 1 aromatic rings. The zero-order valence-electron chi connectivity index (χ0n) is 12.5. The third-order valence-corrected chi connectivity index (χ3v) is 3.97. The van der Waals surface area contributed by atoms with Gasteiger partial charge in [0.15, 0.2) is 0 Å².